The first-order valence-corrected chi connectivity index (χ1v) is 6.06. The normalized spacial score (nSPS) is 17.3. The molecule has 2 rings (SSSR count). The molecule has 1 aromatic heterocycles. The largest absolute Gasteiger partial charge is 0.330 e. The number of rotatable bonds is 4. The monoisotopic (exact) mass is 233 g/mol. The molecule has 4 heteroatoms. The second-order valence-corrected chi connectivity index (χ2v) is 4.97. The smallest absolute Gasteiger partial charge is 0.225 e. The molecule has 1 heterocycles. The molecule has 17 heavy (non-hydrogen) atoms. The summed E-state index contributed by atoms with van der Waals surface area (Å²) >= 11 is 0. The number of nitrogens with one attached hydrogen (secondary N) is 1. The highest BCUT2D eigenvalue weighted by molar-refractivity contribution is 5.91. The van der Waals surface area contributed by atoms with Crippen molar-refractivity contribution in [2.45, 2.75) is 32.6 Å². The van der Waals surface area contributed by atoms with Gasteiger partial charge < -0.3 is 11.1 Å². The first-order chi connectivity index (χ1) is 8.13. The van der Waals surface area contributed by atoms with Crippen molar-refractivity contribution in [3.8, 4) is 0 Å². The molecule has 0 saturated heterocycles. The Bertz CT molecular complexity index is 390. The van der Waals surface area contributed by atoms with Crippen molar-refractivity contribution in [2.75, 3.05) is 11.9 Å². The summed E-state index contributed by atoms with van der Waals surface area (Å²) in [5, 5.41) is 2.87. The van der Waals surface area contributed by atoms with E-state index < -0.39 is 0 Å². The lowest BCUT2D eigenvalue weighted by Crippen LogP contribution is -2.40. The highest BCUT2D eigenvalue weighted by atomic mass is 16.1. The van der Waals surface area contributed by atoms with Gasteiger partial charge in [0.2, 0.25) is 5.91 Å². The number of hydrogen-bond acceptors (Lipinski definition) is 3. The third-order valence-corrected chi connectivity index (χ3v) is 3.58. The van der Waals surface area contributed by atoms with E-state index in [4.69, 9.17) is 5.73 Å². The molecular formula is C13H19N3O. The van der Waals surface area contributed by atoms with Crippen molar-refractivity contribution in [1.82, 2.24) is 4.98 Å². The number of aromatic nitrogens is 1. The Morgan fingerprint density at radius 2 is 2.29 bits per heavy atom. The highest BCUT2D eigenvalue weighted by Crippen LogP contribution is 2.42. The zero-order chi connectivity index (χ0) is 12.3. The van der Waals surface area contributed by atoms with Crippen LogP contribution in [0.4, 0.5) is 5.69 Å². The van der Waals surface area contributed by atoms with E-state index in [1.807, 2.05) is 19.1 Å². The van der Waals surface area contributed by atoms with Gasteiger partial charge in [-0.2, -0.15) is 0 Å². The molecule has 0 bridgehead atoms. The van der Waals surface area contributed by atoms with Crippen molar-refractivity contribution in [1.29, 1.82) is 0 Å². The molecule has 1 amide bonds. The standard InChI is InChI=1S/C13H19N3O/c1-10-3-4-11(8-15-10)16-12(17)7-13(9-14)5-2-6-13/h3-4,8H,2,5-7,9,14H2,1H3,(H,16,17). The number of anilines is 1. The van der Waals surface area contributed by atoms with Crippen LogP contribution in [-0.2, 0) is 4.79 Å². The summed E-state index contributed by atoms with van der Waals surface area (Å²) in [6.45, 7) is 2.52. The van der Waals surface area contributed by atoms with Crippen molar-refractivity contribution < 1.29 is 4.79 Å². The highest BCUT2D eigenvalue weighted by Gasteiger charge is 2.37. The topological polar surface area (TPSA) is 68.0 Å². The van der Waals surface area contributed by atoms with Gasteiger partial charge in [0.1, 0.15) is 0 Å². The molecule has 1 aromatic rings. The number of aryl methyl sites for hydroxylation is 1. The van der Waals surface area contributed by atoms with Crippen LogP contribution >= 0.6 is 0 Å². The van der Waals surface area contributed by atoms with E-state index >= 15 is 0 Å². The van der Waals surface area contributed by atoms with Crippen LogP contribution in [0.25, 0.3) is 0 Å². The van der Waals surface area contributed by atoms with Crippen LogP contribution in [0.5, 0.6) is 0 Å². The quantitative estimate of drug-likeness (QED) is 0.834. The fourth-order valence-electron chi connectivity index (χ4n) is 2.22. The van der Waals surface area contributed by atoms with E-state index in [9.17, 15) is 4.79 Å². The molecule has 0 atom stereocenters. The Balaban J connectivity index is 1.91. The van der Waals surface area contributed by atoms with Crippen LogP contribution in [0.1, 0.15) is 31.4 Å². The molecule has 0 unspecified atom stereocenters. The number of hydrogen-bond donors (Lipinski definition) is 2. The van der Waals surface area contributed by atoms with Gasteiger partial charge in [-0.25, -0.2) is 0 Å². The van der Waals surface area contributed by atoms with Gasteiger partial charge in [0.05, 0.1) is 11.9 Å². The van der Waals surface area contributed by atoms with Gasteiger partial charge in [-0.15, -0.1) is 0 Å². The maximum Gasteiger partial charge on any atom is 0.225 e. The Hall–Kier alpha value is -1.42. The van der Waals surface area contributed by atoms with Crippen LogP contribution in [0, 0.1) is 12.3 Å². The molecule has 0 aromatic carbocycles. The Labute approximate surface area is 102 Å². The predicted octanol–water partition coefficient (Wildman–Crippen LogP) is 1.85. The first-order valence-electron chi connectivity index (χ1n) is 6.06. The third-order valence-electron chi connectivity index (χ3n) is 3.58. The van der Waals surface area contributed by atoms with E-state index in [0.717, 1.165) is 24.2 Å². The van der Waals surface area contributed by atoms with E-state index in [2.05, 4.69) is 10.3 Å². The summed E-state index contributed by atoms with van der Waals surface area (Å²) in [5.41, 5.74) is 7.50. The van der Waals surface area contributed by atoms with Crippen LogP contribution < -0.4 is 11.1 Å². The summed E-state index contributed by atoms with van der Waals surface area (Å²) < 4.78 is 0. The summed E-state index contributed by atoms with van der Waals surface area (Å²) in [6, 6.07) is 3.76. The number of pyridine rings is 1. The number of nitrogens with zero attached hydrogens (tertiary/aromatic N) is 1. The summed E-state index contributed by atoms with van der Waals surface area (Å²) in [6.07, 6.45) is 5.54. The van der Waals surface area contributed by atoms with Gasteiger partial charge in [-0.05, 0) is 43.9 Å². The number of nitrogens with two attached hydrogens (primary N) is 1. The van der Waals surface area contributed by atoms with Gasteiger partial charge >= 0.3 is 0 Å². The maximum atomic E-state index is 11.9. The summed E-state index contributed by atoms with van der Waals surface area (Å²) in [4.78, 5) is 16.0. The molecule has 3 N–H and O–H groups in total. The molecule has 92 valence electrons. The lowest BCUT2D eigenvalue weighted by atomic mass is 9.66. The number of carbonyl (C=O) groups is 1. The average Bonchev–Trinajstić information content (AvgIpc) is 2.27. The first kappa shape index (κ1) is 12.0. The Morgan fingerprint density at radius 1 is 1.53 bits per heavy atom. The van der Waals surface area contributed by atoms with Crippen molar-refractivity contribution >= 4 is 11.6 Å². The van der Waals surface area contributed by atoms with Gasteiger partial charge in [0, 0.05) is 12.1 Å². The zero-order valence-corrected chi connectivity index (χ0v) is 10.2. The average molecular weight is 233 g/mol. The van der Waals surface area contributed by atoms with Crippen LogP contribution in [0.15, 0.2) is 18.3 Å². The fraction of sp³-hybridized carbons (Fsp3) is 0.538. The molecule has 1 fully saturated rings. The Morgan fingerprint density at radius 3 is 2.76 bits per heavy atom. The minimum absolute atomic E-state index is 0.0424. The van der Waals surface area contributed by atoms with Crippen LogP contribution in [-0.4, -0.2) is 17.4 Å². The molecule has 1 aliphatic rings. The number of carbonyl (C=O) groups excluding carboxylic acids is 1. The second kappa shape index (κ2) is 4.84. The number of amides is 1. The minimum Gasteiger partial charge on any atom is -0.330 e. The third kappa shape index (κ3) is 2.82. The van der Waals surface area contributed by atoms with Gasteiger partial charge in [-0.3, -0.25) is 9.78 Å². The fourth-order valence-corrected chi connectivity index (χ4v) is 2.22. The van der Waals surface area contributed by atoms with Gasteiger partial charge in [0.15, 0.2) is 0 Å². The zero-order valence-electron chi connectivity index (χ0n) is 10.2. The van der Waals surface area contributed by atoms with E-state index in [1.165, 1.54) is 6.42 Å². The lowest BCUT2D eigenvalue weighted by Gasteiger charge is -2.40. The van der Waals surface area contributed by atoms with Crippen molar-refractivity contribution in [3.05, 3.63) is 24.0 Å². The summed E-state index contributed by atoms with van der Waals surface area (Å²) in [5.74, 6) is 0.0424. The van der Waals surface area contributed by atoms with Gasteiger partial charge in [-0.1, -0.05) is 6.42 Å². The molecule has 1 saturated carbocycles. The predicted molar refractivity (Wildman–Crippen MR) is 67.6 cm³/mol. The van der Waals surface area contributed by atoms with Gasteiger partial charge in [0.25, 0.3) is 0 Å². The SMILES string of the molecule is Cc1ccc(NC(=O)CC2(CN)CCC2)cn1. The van der Waals surface area contributed by atoms with Crippen molar-refractivity contribution in [2.24, 2.45) is 11.1 Å². The molecule has 4 nitrogen and oxygen atoms in total. The minimum atomic E-state index is 0.0424. The maximum absolute atomic E-state index is 11.9. The van der Waals surface area contributed by atoms with Crippen LogP contribution in [0.3, 0.4) is 0 Å². The Kier molecular flexibility index (Phi) is 3.43. The molecule has 0 aliphatic heterocycles. The molecule has 0 radical (unpaired) electrons. The van der Waals surface area contributed by atoms with E-state index in [-0.39, 0.29) is 11.3 Å². The summed E-state index contributed by atoms with van der Waals surface area (Å²) in [7, 11) is 0. The second-order valence-electron chi connectivity index (χ2n) is 4.97. The molecule has 1 aliphatic carbocycles. The van der Waals surface area contributed by atoms with Crippen LogP contribution in [0.2, 0.25) is 0 Å². The van der Waals surface area contributed by atoms with E-state index in [0.29, 0.717) is 13.0 Å². The molecule has 0 spiro atoms. The van der Waals surface area contributed by atoms with Crippen molar-refractivity contribution in [3.63, 3.8) is 0 Å². The lowest BCUT2D eigenvalue weighted by molar-refractivity contribution is -0.119. The molecular weight excluding hydrogens is 214 g/mol. The van der Waals surface area contributed by atoms with E-state index in [1.54, 1.807) is 6.20 Å².